The number of aryl methyl sites for hydroxylation is 1. The molecule has 2 aromatic carbocycles. The topological polar surface area (TPSA) is 70.7 Å². The van der Waals surface area contributed by atoms with Gasteiger partial charge in [-0.15, -0.1) is 0 Å². The Hall–Kier alpha value is -3.39. The van der Waals surface area contributed by atoms with E-state index in [2.05, 4.69) is 10.4 Å². The smallest absolute Gasteiger partial charge is 0.255 e. The highest BCUT2D eigenvalue weighted by atomic mass is 16.1. The molecule has 5 nitrogen and oxygen atoms in total. The number of carbonyl (C=O) groups excluding carboxylic acids is 1. The Balaban J connectivity index is 1.92. The van der Waals surface area contributed by atoms with Crippen LogP contribution in [0, 0.1) is 25.2 Å². The Morgan fingerprint density at radius 3 is 2.58 bits per heavy atom. The molecule has 0 unspecified atom stereocenters. The largest absolute Gasteiger partial charge is 0.319 e. The Morgan fingerprint density at radius 2 is 1.88 bits per heavy atom. The zero-order chi connectivity index (χ0) is 17.1. The fourth-order valence-corrected chi connectivity index (χ4v) is 2.56. The quantitative estimate of drug-likeness (QED) is 0.802. The number of hydrogen-bond acceptors (Lipinski definition) is 3. The second kappa shape index (κ2) is 6.39. The van der Waals surface area contributed by atoms with Crippen molar-refractivity contribution in [1.29, 1.82) is 5.26 Å². The minimum Gasteiger partial charge on any atom is -0.319 e. The van der Waals surface area contributed by atoms with Crippen LogP contribution < -0.4 is 5.32 Å². The van der Waals surface area contributed by atoms with Gasteiger partial charge in [-0.05, 0) is 44.2 Å². The third kappa shape index (κ3) is 2.90. The molecule has 1 N–H and O–H groups in total. The van der Waals surface area contributed by atoms with Gasteiger partial charge in [0.05, 0.1) is 34.4 Å². The zero-order valence-corrected chi connectivity index (χ0v) is 13.4. The summed E-state index contributed by atoms with van der Waals surface area (Å²) in [5, 5.41) is 16.4. The summed E-state index contributed by atoms with van der Waals surface area (Å²) in [6.07, 6.45) is 0. The van der Waals surface area contributed by atoms with E-state index in [1.54, 1.807) is 28.9 Å². The lowest BCUT2D eigenvalue weighted by Gasteiger charge is -2.07. The van der Waals surface area contributed by atoms with Crippen molar-refractivity contribution in [2.45, 2.75) is 13.8 Å². The first-order valence-corrected chi connectivity index (χ1v) is 7.53. The number of benzene rings is 2. The Morgan fingerprint density at radius 1 is 1.12 bits per heavy atom. The van der Waals surface area contributed by atoms with Crippen LogP contribution in [0.15, 0.2) is 54.6 Å². The average Bonchev–Trinajstić information content (AvgIpc) is 2.90. The molecule has 1 aromatic heterocycles. The van der Waals surface area contributed by atoms with Crippen molar-refractivity contribution >= 4 is 11.6 Å². The number of anilines is 1. The number of nitriles is 1. The van der Waals surface area contributed by atoms with E-state index in [0.29, 0.717) is 16.8 Å². The van der Waals surface area contributed by atoms with E-state index in [1.165, 1.54) is 0 Å². The van der Waals surface area contributed by atoms with Crippen LogP contribution in [-0.4, -0.2) is 15.7 Å². The minimum atomic E-state index is -0.258. The molecule has 0 atom stereocenters. The van der Waals surface area contributed by atoms with Gasteiger partial charge in [-0.25, -0.2) is 4.68 Å². The van der Waals surface area contributed by atoms with Crippen LogP contribution in [-0.2, 0) is 0 Å². The summed E-state index contributed by atoms with van der Waals surface area (Å²) in [4.78, 5) is 12.5. The molecule has 0 bridgehead atoms. The van der Waals surface area contributed by atoms with E-state index in [1.807, 2.05) is 50.2 Å². The Kier molecular flexibility index (Phi) is 4.13. The second-order valence-electron chi connectivity index (χ2n) is 5.44. The average molecular weight is 316 g/mol. The molecule has 0 spiro atoms. The number of nitrogens with one attached hydrogen (secondary N) is 1. The van der Waals surface area contributed by atoms with Gasteiger partial charge >= 0.3 is 0 Å². The van der Waals surface area contributed by atoms with Crippen LogP contribution in [0.3, 0.4) is 0 Å². The lowest BCUT2D eigenvalue weighted by Crippen LogP contribution is -2.13. The first kappa shape index (κ1) is 15.5. The minimum absolute atomic E-state index is 0.258. The highest BCUT2D eigenvalue weighted by Crippen LogP contribution is 2.23. The highest BCUT2D eigenvalue weighted by molar-refractivity contribution is 6.05. The van der Waals surface area contributed by atoms with E-state index in [4.69, 9.17) is 5.26 Å². The number of hydrogen-bond donors (Lipinski definition) is 1. The molecule has 0 aliphatic heterocycles. The van der Waals surface area contributed by atoms with Crippen molar-refractivity contribution in [3.8, 4) is 11.8 Å². The molecule has 0 saturated heterocycles. The fourth-order valence-electron chi connectivity index (χ4n) is 2.56. The maximum absolute atomic E-state index is 12.5. The maximum Gasteiger partial charge on any atom is 0.255 e. The third-order valence-corrected chi connectivity index (χ3v) is 3.78. The van der Waals surface area contributed by atoms with Gasteiger partial charge in [0, 0.05) is 5.56 Å². The standard InChI is InChI=1S/C19H16N4O/c1-13-18(14(2)23(22-13)17-9-4-3-5-10-17)21-19(24)16-8-6-7-15(11-16)12-20/h3-11H,1-2H3,(H,21,24). The van der Waals surface area contributed by atoms with Crippen LogP contribution in [0.5, 0.6) is 0 Å². The molecule has 5 heteroatoms. The van der Waals surface area contributed by atoms with Gasteiger partial charge in [-0.3, -0.25) is 4.79 Å². The predicted octanol–water partition coefficient (Wildman–Crippen LogP) is 3.61. The van der Waals surface area contributed by atoms with Crippen LogP contribution >= 0.6 is 0 Å². The molecule has 0 fully saturated rings. The summed E-state index contributed by atoms with van der Waals surface area (Å²) < 4.78 is 1.80. The molecule has 0 aliphatic rings. The van der Waals surface area contributed by atoms with Crippen molar-refractivity contribution in [1.82, 2.24) is 9.78 Å². The zero-order valence-electron chi connectivity index (χ0n) is 13.4. The van der Waals surface area contributed by atoms with E-state index in [9.17, 15) is 4.79 Å². The molecule has 0 radical (unpaired) electrons. The monoisotopic (exact) mass is 316 g/mol. The van der Waals surface area contributed by atoms with Crippen LogP contribution in [0.4, 0.5) is 5.69 Å². The van der Waals surface area contributed by atoms with Crippen LogP contribution in [0.25, 0.3) is 5.69 Å². The molecule has 3 rings (SSSR count). The number of carbonyl (C=O) groups is 1. The Bertz CT molecular complexity index is 936. The molecular formula is C19H16N4O. The summed E-state index contributed by atoms with van der Waals surface area (Å²) in [5.74, 6) is -0.258. The molecule has 118 valence electrons. The van der Waals surface area contributed by atoms with Gasteiger partial charge in [0.15, 0.2) is 0 Å². The Labute approximate surface area is 140 Å². The summed E-state index contributed by atoms with van der Waals surface area (Å²) in [5.41, 5.74) is 4.11. The van der Waals surface area contributed by atoms with E-state index in [-0.39, 0.29) is 5.91 Å². The van der Waals surface area contributed by atoms with Crippen molar-refractivity contribution in [3.05, 3.63) is 77.1 Å². The number of nitrogens with zero attached hydrogens (tertiary/aromatic N) is 3. The molecule has 0 aliphatic carbocycles. The molecular weight excluding hydrogens is 300 g/mol. The van der Waals surface area contributed by atoms with Crippen LogP contribution in [0.2, 0.25) is 0 Å². The normalized spacial score (nSPS) is 10.2. The summed E-state index contributed by atoms with van der Waals surface area (Å²) in [6.45, 7) is 3.77. The molecule has 24 heavy (non-hydrogen) atoms. The summed E-state index contributed by atoms with van der Waals surface area (Å²) >= 11 is 0. The number of aromatic nitrogens is 2. The molecule has 0 saturated carbocycles. The van der Waals surface area contributed by atoms with Gasteiger partial charge in [-0.2, -0.15) is 10.4 Å². The van der Waals surface area contributed by atoms with E-state index >= 15 is 0 Å². The van der Waals surface area contributed by atoms with E-state index in [0.717, 1.165) is 17.1 Å². The lowest BCUT2D eigenvalue weighted by molar-refractivity contribution is 0.102. The van der Waals surface area contributed by atoms with Crippen LogP contribution in [0.1, 0.15) is 27.3 Å². The van der Waals surface area contributed by atoms with Gasteiger partial charge in [0.1, 0.15) is 0 Å². The van der Waals surface area contributed by atoms with Crippen molar-refractivity contribution in [2.75, 3.05) is 5.32 Å². The van der Waals surface area contributed by atoms with Gasteiger partial charge in [0.25, 0.3) is 5.91 Å². The maximum atomic E-state index is 12.5. The number of amides is 1. The molecule has 1 heterocycles. The first-order chi connectivity index (χ1) is 11.6. The summed E-state index contributed by atoms with van der Waals surface area (Å²) in [7, 11) is 0. The number of rotatable bonds is 3. The van der Waals surface area contributed by atoms with Gasteiger partial charge < -0.3 is 5.32 Å². The summed E-state index contributed by atoms with van der Waals surface area (Å²) in [6, 6.07) is 18.4. The highest BCUT2D eigenvalue weighted by Gasteiger charge is 2.16. The first-order valence-electron chi connectivity index (χ1n) is 7.53. The van der Waals surface area contributed by atoms with Gasteiger partial charge in [0.2, 0.25) is 0 Å². The van der Waals surface area contributed by atoms with Crippen molar-refractivity contribution < 1.29 is 4.79 Å². The number of para-hydroxylation sites is 1. The van der Waals surface area contributed by atoms with E-state index < -0.39 is 0 Å². The molecule has 3 aromatic rings. The SMILES string of the molecule is Cc1nn(-c2ccccc2)c(C)c1NC(=O)c1cccc(C#N)c1. The lowest BCUT2D eigenvalue weighted by atomic mass is 10.1. The second-order valence-corrected chi connectivity index (χ2v) is 5.44. The van der Waals surface area contributed by atoms with Crippen molar-refractivity contribution in [2.24, 2.45) is 0 Å². The molecule has 1 amide bonds. The van der Waals surface area contributed by atoms with Crippen molar-refractivity contribution in [3.63, 3.8) is 0 Å². The third-order valence-electron chi connectivity index (χ3n) is 3.78. The fraction of sp³-hybridized carbons (Fsp3) is 0.105. The predicted molar refractivity (Wildman–Crippen MR) is 92.1 cm³/mol. The van der Waals surface area contributed by atoms with Gasteiger partial charge in [-0.1, -0.05) is 24.3 Å².